The van der Waals surface area contributed by atoms with E-state index < -0.39 is 0 Å². The van der Waals surface area contributed by atoms with E-state index in [0.29, 0.717) is 6.54 Å². The highest BCUT2D eigenvalue weighted by Gasteiger charge is 2.26. The highest BCUT2D eigenvalue weighted by molar-refractivity contribution is 5.74. The molecule has 1 saturated heterocycles. The van der Waals surface area contributed by atoms with E-state index in [-0.39, 0.29) is 11.9 Å². The molecule has 1 aliphatic heterocycles. The minimum Gasteiger partial charge on any atom is -0.440 e. The molecule has 1 aromatic carbocycles. The first-order valence-electron chi connectivity index (χ1n) is 9.08. The van der Waals surface area contributed by atoms with Crippen molar-refractivity contribution in [2.75, 3.05) is 19.6 Å². The molecule has 0 bridgehead atoms. The molecule has 2 aromatic heterocycles. The lowest BCUT2D eigenvalue weighted by Crippen LogP contribution is -2.44. The minimum atomic E-state index is -0.00283. The van der Waals surface area contributed by atoms with Crippen molar-refractivity contribution in [3.8, 4) is 0 Å². The third kappa shape index (κ3) is 3.69. The topological polar surface area (TPSA) is 71.3 Å². The number of hydrogen-bond acceptors (Lipinski definition) is 4. The summed E-state index contributed by atoms with van der Waals surface area (Å²) in [4.78, 5) is 23.1. The van der Waals surface area contributed by atoms with Gasteiger partial charge in [0, 0.05) is 43.9 Å². The molecule has 134 valence electrons. The van der Waals surface area contributed by atoms with Crippen LogP contribution >= 0.6 is 0 Å². The molecule has 26 heavy (non-hydrogen) atoms. The van der Waals surface area contributed by atoms with Gasteiger partial charge in [0.1, 0.15) is 5.52 Å². The SMILES string of the molecule is O=C(NCCc1ccccn1)N1CCC(c2nc3ccccc3o2)CC1. The van der Waals surface area contributed by atoms with Gasteiger partial charge in [0.2, 0.25) is 0 Å². The maximum Gasteiger partial charge on any atom is 0.317 e. The second-order valence-electron chi connectivity index (χ2n) is 6.58. The second-order valence-corrected chi connectivity index (χ2v) is 6.58. The van der Waals surface area contributed by atoms with Crippen LogP contribution in [0.5, 0.6) is 0 Å². The number of nitrogens with one attached hydrogen (secondary N) is 1. The Kier molecular flexibility index (Phi) is 4.82. The maximum atomic E-state index is 12.3. The first kappa shape index (κ1) is 16.6. The van der Waals surface area contributed by atoms with Gasteiger partial charge in [-0.2, -0.15) is 0 Å². The highest BCUT2D eigenvalue weighted by Crippen LogP contribution is 2.29. The molecule has 4 rings (SSSR count). The number of hydrogen-bond donors (Lipinski definition) is 1. The molecule has 0 atom stereocenters. The van der Waals surface area contributed by atoms with Gasteiger partial charge in [-0.3, -0.25) is 4.98 Å². The van der Waals surface area contributed by atoms with E-state index in [4.69, 9.17) is 4.42 Å². The number of fused-ring (bicyclic) bond motifs is 1. The van der Waals surface area contributed by atoms with Crippen LogP contribution in [0.3, 0.4) is 0 Å². The van der Waals surface area contributed by atoms with Crippen molar-refractivity contribution >= 4 is 17.1 Å². The summed E-state index contributed by atoms with van der Waals surface area (Å²) in [7, 11) is 0. The zero-order chi connectivity index (χ0) is 17.8. The van der Waals surface area contributed by atoms with E-state index in [9.17, 15) is 4.79 Å². The van der Waals surface area contributed by atoms with E-state index in [1.165, 1.54) is 0 Å². The fourth-order valence-electron chi connectivity index (χ4n) is 3.35. The molecule has 0 spiro atoms. The van der Waals surface area contributed by atoms with E-state index in [0.717, 1.165) is 55.0 Å². The van der Waals surface area contributed by atoms with Gasteiger partial charge in [-0.05, 0) is 37.1 Å². The molecule has 3 heterocycles. The van der Waals surface area contributed by atoms with Gasteiger partial charge in [-0.25, -0.2) is 9.78 Å². The Morgan fingerprint density at radius 2 is 1.96 bits per heavy atom. The van der Waals surface area contributed by atoms with Gasteiger partial charge >= 0.3 is 6.03 Å². The number of benzene rings is 1. The number of carbonyl (C=O) groups excluding carboxylic acids is 1. The first-order valence-corrected chi connectivity index (χ1v) is 9.08. The zero-order valence-electron chi connectivity index (χ0n) is 14.6. The average Bonchev–Trinajstić information content (AvgIpc) is 3.13. The van der Waals surface area contributed by atoms with Crippen LogP contribution in [0.15, 0.2) is 53.1 Å². The second kappa shape index (κ2) is 7.56. The predicted molar refractivity (Wildman–Crippen MR) is 98.9 cm³/mol. The molecule has 3 aromatic rings. The molecule has 0 unspecified atom stereocenters. The molecule has 6 heteroatoms. The molecular weight excluding hydrogens is 328 g/mol. The number of urea groups is 1. The predicted octanol–water partition coefficient (Wildman–Crippen LogP) is 3.35. The van der Waals surface area contributed by atoms with Crippen molar-refractivity contribution in [1.29, 1.82) is 0 Å². The summed E-state index contributed by atoms with van der Waals surface area (Å²) in [5.41, 5.74) is 2.72. The molecule has 6 nitrogen and oxygen atoms in total. The van der Waals surface area contributed by atoms with Crippen molar-refractivity contribution in [3.05, 3.63) is 60.2 Å². The van der Waals surface area contributed by atoms with Crippen molar-refractivity contribution in [3.63, 3.8) is 0 Å². The maximum absolute atomic E-state index is 12.3. The third-order valence-corrected chi connectivity index (χ3v) is 4.83. The van der Waals surface area contributed by atoms with Crippen LogP contribution in [0.25, 0.3) is 11.1 Å². The Morgan fingerprint density at radius 1 is 1.15 bits per heavy atom. The summed E-state index contributed by atoms with van der Waals surface area (Å²) in [6.07, 6.45) is 4.26. The Morgan fingerprint density at radius 3 is 2.73 bits per heavy atom. The van der Waals surface area contributed by atoms with Crippen molar-refractivity contribution in [1.82, 2.24) is 20.2 Å². The van der Waals surface area contributed by atoms with E-state index in [1.54, 1.807) is 6.20 Å². The summed E-state index contributed by atoms with van der Waals surface area (Å²) in [6.45, 7) is 2.04. The Balaban J connectivity index is 1.27. The number of carbonyl (C=O) groups is 1. The van der Waals surface area contributed by atoms with Crippen LogP contribution in [-0.4, -0.2) is 40.5 Å². The number of oxazole rings is 1. The van der Waals surface area contributed by atoms with Gasteiger partial charge in [0.05, 0.1) is 0 Å². The fourth-order valence-corrected chi connectivity index (χ4v) is 3.35. The fraction of sp³-hybridized carbons (Fsp3) is 0.350. The average molecular weight is 350 g/mol. The lowest BCUT2D eigenvalue weighted by Gasteiger charge is -2.30. The van der Waals surface area contributed by atoms with Crippen LogP contribution in [0.1, 0.15) is 30.3 Å². The van der Waals surface area contributed by atoms with Gasteiger partial charge < -0.3 is 14.6 Å². The first-order chi connectivity index (χ1) is 12.8. The number of piperidine rings is 1. The zero-order valence-corrected chi connectivity index (χ0v) is 14.6. The minimum absolute atomic E-state index is 0.00283. The van der Waals surface area contributed by atoms with Crippen LogP contribution < -0.4 is 5.32 Å². The van der Waals surface area contributed by atoms with Crippen LogP contribution in [0.4, 0.5) is 4.79 Å². The third-order valence-electron chi connectivity index (χ3n) is 4.83. The summed E-state index contributed by atoms with van der Waals surface area (Å²) < 4.78 is 5.88. The number of aromatic nitrogens is 2. The van der Waals surface area contributed by atoms with E-state index >= 15 is 0 Å². The van der Waals surface area contributed by atoms with Crippen molar-refractivity contribution in [2.45, 2.75) is 25.2 Å². The van der Waals surface area contributed by atoms with Crippen molar-refractivity contribution in [2.24, 2.45) is 0 Å². The molecule has 2 amide bonds. The molecule has 0 aliphatic carbocycles. The monoisotopic (exact) mass is 350 g/mol. The van der Waals surface area contributed by atoms with Gasteiger partial charge in [0.25, 0.3) is 0 Å². The molecule has 1 aliphatic rings. The highest BCUT2D eigenvalue weighted by atomic mass is 16.3. The van der Waals surface area contributed by atoms with Gasteiger partial charge in [-0.1, -0.05) is 18.2 Å². The summed E-state index contributed by atoms with van der Waals surface area (Å²) >= 11 is 0. The number of likely N-dealkylation sites (tertiary alicyclic amines) is 1. The molecule has 0 saturated carbocycles. The van der Waals surface area contributed by atoms with E-state index in [2.05, 4.69) is 15.3 Å². The lowest BCUT2D eigenvalue weighted by molar-refractivity contribution is 0.177. The summed E-state index contributed by atoms with van der Waals surface area (Å²) in [5, 5.41) is 2.98. The van der Waals surface area contributed by atoms with Crippen LogP contribution in [-0.2, 0) is 6.42 Å². The van der Waals surface area contributed by atoms with E-state index in [1.807, 2.05) is 47.4 Å². The summed E-state index contributed by atoms with van der Waals surface area (Å²) in [5.74, 6) is 1.07. The Bertz CT molecular complexity index is 837. The number of rotatable bonds is 4. The normalized spacial score (nSPS) is 15.3. The number of para-hydroxylation sites is 2. The molecule has 1 N–H and O–H groups in total. The van der Waals surface area contributed by atoms with Crippen LogP contribution in [0, 0.1) is 0 Å². The van der Waals surface area contributed by atoms with Crippen LogP contribution in [0.2, 0.25) is 0 Å². The quantitative estimate of drug-likeness (QED) is 0.783. The van der Waals surface area contributed by atoms with Gasteiger partial charge in [-0.15, -0.1) is 0 Å². The van der Waals surface area contributed by atoms with Crippen molar-refractivity contribution < 1.29 is 9.21 Å². The number of pyridine rings is 1. The molecule has 1 fully saturated rings. The standard InChI is InChI=1S/C20H22N4O2/c25-20(22-12-8-16-5-3-4-11-21-16)24-13-9-15(10-14-24)19-23-17-6-1-2-7-18(17)26-19/h1-7,11,15H,8-10,12-14H2,(H,22,25). The summed E-state index contributed by atoms with van der Waals surface area (Å²) in [6, 6.07) is 13.6. The lowest BCUT2D eigenvalue weighted by atomic mass is 9.97. The molecular formula is C20H22N4O2. The number of nitrogens with zero attached hydrogens (tertiary/aromatic N) is 3. The number of amides is 2. The molecule has 0 radical (unpaired) electrons. The Labute approximate surface area is 152 Å². The Hall–Kier alpha value is -2.89. The van der Waals surface area contributed by atoms with Gasteiger partial charge in [0.15, 0.2) is 11.5 Å². The smallest absolute Gasteiger partial charge is 0.317 e. The largest absolute Gasteiger partial charge is 0.440 e.